The molecule has 1 heterocycles. The standard InChI is InChI=1S/C15H18N2O2/c1-8-5-6-13(16)14(10(8)3)17-15(18)12-7-9(2)19-11(12)4/h5-7H,16H2,1-4H3,(H,17,18). The van der Waals surface area contributed by atoms with Crippen LogP contribution in [0.15, 0.2) is 22.6 Å². The number of carbonyl (C=O) groups excluding carboxylic acids is 1. The van der Waals surface area contributed by atoms with Crippen LogP contribution >= 0.6 is 0 Å². The highest BCUT2D eigenvalue weighted by Gasteiger charge is 2.16. The quantitative estimate of drug-likeness (QED) is 0.812. The van der Waals surface area contributed by atoms with Gasteiger partial charge in [0.25, 0.3) is 5.91 Å². The molecule has 0 aliphatic rings. The van der Waals surface area contributed by atoms with Crippen LogP contribution in [0.1, 0.15) is 33.0 Å². The molecule has 0 radical (unpaired) electrons. The number of hydrogen-bond donors (Lipinski definition) is 2. The lowest BCUT2D eigenvalue weighted by atomic mass is 10.1. The van der Waals surface area contributed by atoms with Gasteiger partial charge < -0.3 is 15.5 Å². The third kappa shape index (κ3) is 2.47. The Morgan fingerprint density at radius 2 is 1.89 bits per heavy atom. The molecular weight excluding hydrogens is 240 g/mol. The van der Waals surface area contributed by atoms with Crippen LogP contribution in [0.3, 0.4) is 0 Å². The van der Waals surface area contributed by atoms with Crippen LogP contribution in [0.25, 0.3) is 0 Å². The number of benzene rings is 1. The van der Waals surface area contributed by atoms with E-state index in [0.717, 1.165) is 16.9 Å². The molecule has 4 nitrogen and oxygen atoms in total. The van der Waals surface area contributed by atoms with E-state index in [1.165, 1.54) is 0 Å². The van der Waals surface area contributed by atoms with Gasteiger partial charge in [0.2, 0.25) is 0 Å². The third-order valence-corrected chi connectivity index (χ3v) is 3.29. The minimum absolute atomic E-state index is 0.199. The number of rotatable bonds is 2. The monoisotopic (exact) mass is 258 g/mol. The first-order valence-electron chi connectivity index (χ1n) is 6.14. The number of anilines is 2. The molecule has 0 saturated heterocycles. The first-order chi connectivity index (χ1) is 8.90. The lowest BCUT2D eigenvalue weighted by Gasteiger charge is -2.13. The van der Waals surface area contributed by atoms with E-state index in [0.29, 0.717) is 22.7 Å². The SMILES string of the molecule is Cc1cc(C(=O)Nc2c(N)ccc(C)c2C)c(C)o1. The molecule has 1 aromatic heterocycles. The molecule has 4 heteroatoms. The van der Waals surface area contributed by atoms with Crippen LogP contribution in [0.5, 0.6) is 0 Å². The van der Waals surface area contributed by atoms with E-state index in [9.17, 15) is 4.79 Å². The molecule has 2 rings (SSSR count). The Balaban J connectivity index is 2.34. The average molecular weight is 258 g/mol. The summed E-state index contributed by atoms with van der Waals surface area (Å²) < 4.78 is 5.37. The molecule has 0 atom stereocenters. The molecule has 19 heavy (non-hydrogen) atoms. The zero-order valence-corrected chi connectivity index (χ0v) is 11.6. The van der Waals surface area contributed by atoms with Gasteiger partial charge in [0.05, 0.1) is 16.9 Å². The predicted molar refractivity (Wildman–Crippen MR) is 76.5 cm³/mol. The van der Waals surface area contributed by atoms with Gasteiger partial charge >= 0.3 is 0 Å². The number of furan rings is 1. The van der Waals surface area contributed by atoms with Crippen LogP contribution < -0.4 is 11.1 Å². The maximum absolute atomic E-state index is 12.2. The second-order valence-corrected chi connectivity index (χ2v) is 4.75. The van der Waals surface area contributed by atoms with E-state index in [1.807, 2.05) is 26.8 Å². The summed E-state index contributed by atoms with van der Waals surface area (Å²) in [6.07, 6.45) is 0. The Kier molecular flexibility index (Phi) is 3.34. The third-order valence-electron chi connectivity index (χ3n) is 3.29. The van der Waals surface area contributed by atoms with Crippen molar-refractivity contribution in [1.29, 1.82) is 0 Å². The Hall–Kier alpha value is -2.23. The van der Waals surface area contributed by atoms with Crippen molar-refractivity contribution in [3.8, 4) is 0 Å². The number of aryl methyl sites for hydroxylation is 3. The van der Waals surface area contributed by atoms with Crippen molar-refractivity contribution < 1.29 is 9.21 Å². The molecular formula is C15H18N2O2. The van der Waals surface area contributed by atoms with Crippen LogP contribution in [0.2, 0.25) is 0 Å². The van der Waals surface area contributed by atoms with E-state index in [2.05, 4.69) is 5.32 Å². The lowest BCUT2D eigenvalue weighted by molar-refractivity contribution is 0.102. The van der Waals surface area contributed by atoms with E-state index in [4.69, 9.17) is 10.2 Å². The number of nitrogens with two attached hydrogens (primary N) is 1. The minimum Gasteiger partial charge on any atom is -0.466 e. The van der Waals surface area contributed by atoms with Crippen molar-refractivity contribution in [3.05, 3.63) is 46.4 Å². The van der Waals surface area contributed by atoms with Gasteiger partial charge in [-0.25, -0.2) is 0 Å². The summed E-state index contributed by atoms with van der Waals surface area (Å²) >= 11 is 0. The number of amides is 1. The topological polar surface area (TPSA) is 68.3 Å². The summed E-state index contributed by atoms with van der Waals surface area (Å²) in [4.78, 5) is 12.2. The summed E-state index contributed by atoms with van der Waals surface area (Å²) in [5.41, 5.74) is 9.76. The number of nitrogens with one attached hydrogen (secondary N) is 1. The summed E-state index contributed by atoms with van der Waals surface area (Å²) in [6, 6.07) is 5.46. The summed E-state index contributed by atoms with van der Waals surface area (Å²) in [5, 5.41) is 2.87. The molecule has 0 bridgehead atoms. The average Bonchev–Trinajstić information content (AvgIpc) is 2.69. The number of carbonyl (C=O) groups is 1. The van der Waals surface area contributed by atoms with Crippen molar-refractivity contribution in [1.82, 2.24) is 0 Å². The molecule has 3 N–H and O–H groups in total. The van der Waals surface area contributed by atoms with Crippen molar-refractivity contribution in [2.24, 2.45) is 0 Å². The summed E-state index contributed by atoms with van der Waals surface area (Å²) in [5.74, 6) is 1.13. The van der Waals surface area contributed by atoms with Crippen LogP contribution in [0, 0.1) is 27.7 Å². The molecule has 0 saturated carbocycles. The summed E-state index contributed by atoms with van der Waals surface area (Å²) in [7, 11) is 0. The maximum Gasteiger partial charge on any atom is 0.259 e. The Morgan fingerprint density at radius 3 is 2.47 bits per heavy atom. The van der Waals surface area contributed by atoms with Gasteiger partial charge in [-0.1, -0.05) is 6.07 Å². The normalized spacial score (nSPS) is 10.5. The Labute approximate surface area is 112 Å². The van der Waals surface area contributed by atoms with Gasteiger partial charge in [-0.05, 0) is 51.0 Å². The highest BCUT2D eigenvalue weighted by atomic mass is 16.3. The first kappa shape index (κ1) is 13.2. The van der Waals surface area contributed by atoms with Crippen LogP contribution in [0.4, 0.5) is 11.4 Å². The molecule has 1 amide bonds. The maximum atomic E-state index is 12.2. The Morgan fingerprint density at radius 1 is 1.21 bits per heavy atom. The molecule has 1 aromatic carbocycles. The second kappa shape index (κ2) is 4.80. The van der Waals surface area contributed by atoms with Gasteiger partial charge in [0, 0.05) is 0 Å². The lowest BCUT2D eigenvalue weighted by Crippen LogP contribution is -2.14. The van der Waals surface area contributed by atoms with Crippen LogP contribution in [-0.2, 0) is 0 Å². The second-order valence-electron chi connectivity index (χ2n) is 4.75. The van der Waals surface area contributed by atoms with E-state index in [-0.39, 0.29) is 5.91 Å². The highest BCUT2D eigenvalue weighted by Crippen LogP contribution is 2.27. The van der Waals surface area contributed by atoms with Gasteiger partial charge in [-0.2, -0.15) is 0 Å². The van der Waals surface area contributed by atoms with Crippen LogP contribution in [-0.4, -0.2) is 5.91 Å². The highest BCUT2D eigenvalue weighted by molar-refractivity contribution is 6.07. The van der Waals surface area contributed by atoms with Gasteiger partial charge in [0.1, 0.15) is 11.5 Å². The van der Waals surface area contributed by atoms with Gasteiger partial charge in [-0.3, -0.25) is 4.79 Å². The fourth-order valence-electron chi connectivity index (χ4n) is 2.04. The molecule has 2 aromatic rings. The van der Waals surface area contributed by atoms with Crippen molar-refractivity contribution in [2.45, 2.75) is 27.7 Å². The number of hydrogen-bond acceptors (Lipinski definition) is 3. The molecule has 0 spiro atoms. The molecule has 0 fully saturated rings. The fraction of sp³-hybridized carbons (Fsp3) is 0.267. The van der Waals surface area contributed by atoms with E-state index in [1.54, 1.807) is 19.1 Å². The van der Waals surface area contributed by atoms with Gasteiger partial charge in [-0.15, -0.1) is 0 Å². The molecule has 0 unspecified atom stereocenters. The van der Waals surface area contributed by atoms with Crippen molar-refractivity contribution in [2.75, 3.05) is 11.1 Å². The Bertz CT molecular complexity index is 642. The smallest absolute Gasteiger partial charge is 0.259 e. The fourth-order valence-corrected chi connectivity index (χ4v) is 2.04. The van der Waals surface area contributed by atoms with E-state index >= 15 is 0 Å². The van der Waals surface area contributed by atoms with Crippen molar-refractivity contribution >= 4 is 17.3 Å². The zero-order chi connectivity index (χ0) is 14.2. The molecule has 0 aliphatic heterocycles. The number of nitrogen functional groups attached to an aromatic ring is 1. The largest absolute Gasteiger partial charge is 0.466 e. The molecule has 0 aliphatic carbocycles. The predicted octanol–water partition coefficient (Wildman–Crippen LogP) is 3.35. The van der Waals surface area contributed by atoms with Gasteiger partial charge in [0.15, 0.2) is 0 Å². The first-order valence-corrected chi connectivity index (χ1v) is 6.14. The minimum atomic E-state index is -0.199. The summed E-state index contributed by atoms with van der Waals surface area (Å²) in [6.45, 7) is 7.51. The van der Waals surface area contributed by atoms with E-state index < -0.39 is 0 Å². The van der Waals surface area contributed by atoms with Crippen molar-refractivity contribution in [3.63, 3.8) is 0 Å². The molecule has 100 valence electrons. The zero-order valence-electron chi connectivity index (χ0n) is 11.6.